The summed E-state index contributed by atoms with van der Waals surface area (Å²) in [5.74, 6) is -1.85. The third-order valence-electron chi connectivity index (χ3n) is 7.13. The Hall–Kier alpha value is -3.46. The first-order chi connectivity index (χ1) is 28.6. The van der Waals surface area contributed by atoms with Crippen molar-refractivity contribution in [3.05, 3.63) is 0 Å². The van der Waals surface area contributed by atoms with Gasteiger partial charge in [0.25, 0.3) is 0 Å². The Balaban J connectivity index is -0.00000114. The van der Waals surface area contributed by atoms with Crippen molar-refractivity contribution < 1.29 is 59.6 Å². The van der Waals surface area contributed by atoms with Crippen LogP contribution in [0.25, 0.3) is 0 Å². The molecule has 0 aliphatic heterocycles. The maximum atomic E-state index is 12.8. The normalized spacial score (nSPS) is 12.7. The third-order valence-corrected chi connectivity index (χ3v) is 7.13. The summed E-state index contributed by atoms with van der Waals surface area (Å²) in [6.07, 6.45) is 5.62. The van der Waals surface area contributed by atoms with Crippen LogP contribution in [0.3, 0.4) is 0 Å². The summed E-state index contributed by atoms with van der Waals surface area (Å²) in [5, 5.41) is 16.3. The van der Waals surface area contributed by atoms with E-state index >= 15 is 0 Å². The van der Waals surface area contributed by atoms with Gasteiger partial charge >= 0.3 is 0 Å². The zero-order valence-electron chi connectivity index (χ0n) is 38.2. The van der Waals surface area contributed by atoms with E-state index in [2.05, 4.69) is 38.8 Å². The summed E-state index contributed by atoms with van der Waals surface area (Å²) < 4.78 is 61.0. The second-order valence-electron chi connectivity index (χ2n) is 11.5. The fraction of sp³-hybridized carbons (Fsp3) is 0.812. The first-order valence-corrected chi connectivity index (χ1v) is 17.7. The van der Waals surface area contributed by atoms with Crippen molar-refractivity contribution in [2.45, 2.75) is 83.2 Å². The zero-order chi connectivity index (χ0) is 46.0. The Morgan fingerprint density at radius 2 is 1.14 bits per heavy atom. The highest BCUT2D eigenvalue weighted by molar-refractivity contribution is 5.87. The van der Waals surface area contributed by atoms with Crippen molar-refractivity contribution in [2.24, 2.45) is 17.2 Å². The van der Waals surface area contributed by atoms with Crippen LogP contribution in [0, 0.1) is 0 Å². The van der Waals surface area contributed by atoms with Crippen LogP contribution < -0.4 is 49.1 Å². The summed E-state index contributed by atoms with van der Waals surface area (Å²) in [7, 11) is 0. The molecule has 0 unspecified atom stereocenters. The summed E-state index contributed by atoms with van der Waals surface area (Å²) in [5.41, 5.74) is 15.9. The first kappa shape index (κ1) is 40.3. The number of nitrogens with one attached hydrogen (secondary N) is 6. The number of ether oxygens (including phenoxy) is 4. The van der Waals surface area contributed by atoms with Gasteiger partial charge in [-0.15, -0.1) is 0 Å². The van der Waals surface area contributed by atoms with Crippen LogP contribution >= 0.6 is 0 Å². The van der Waals surface area contributed by atoms with E-state index in [1.807, 2.05) is 0 Å². The van der Waals surface area contributed by atoms with Gasteiger partial charge in [0.2, 0.25) is 35.4 Å². The molecule has 0 aliphatic carbocycles. The van der Waals surface area contributed by atoms with E-state index in [1.165, 1.54) is 0 Å². The fourth-order valence-electron chi connectivity index (χ4n) is 4.44. The van der Waals surface area contributed by atoms with Gasteiger partial charge in [-0.3, -0.25) is 34.1 Å². The predicted octanol–water partition coefficient (Wildman–Crippen LogP) is -1.82. The highest BCUT2D eigenvalue weighted by Crippen LogP contribution is 2.06. The van der Waals surface area contributed by atoms with E-state index in [0.29, 0.717) is 45.2 Å². The molecule has 0 fully saturated rings. The smallest absolute Gasteiger partial charge is 0.246 e. The van der Waals surface area contributed by atoms with Crippen LogP contribution in [0.15, 0.2) is 0 Å². The Kier molecular flexibility index (Phi) is 26.6. The number of carbonyl (C=O) groups excluding carboxylic acids is 6. The van der Waals surface area contributed by atoms with E-state index < -0.39 is 18.0 Å². The van der Waals surface area contributed by atoms with Crippen LogP contribution in [0.1, 0.15) is 83.0 Å². The van der Waals surface area contributed by atoms with E-state index in [9.17, 15) is 28.8 Å². The summed E-state index contributed by atoms with van der Waals surface area (Å²) >= 11 is 0. The molecule has 0 rings (SSSR count). The van der Waals surface area contributed by atoms with E-state index in [4.69, 9.17) is 48.0 Å². The van der Waals surface area contributed by atoms with Crippen molar-refractivity contribution in [3.63, 3.8) is 0 Å². The van der Waals surface area contributed by atoms with Crippen molar-refractivity contribution in [1.82, 2.24) is 31.9 Å². The lowest BCUT2D eigenvalue weighted by Gasteiger charge is -2.19. The number of amides is 6. The van der Waals surface area contributed by atoms with E-state index in [-0.39, 0.29) is 115 Å². The molecule has 304 valence electrons. The second-order valence-corrected chi connectivity index (χ2v) is 11.5. The molecular weight excluding hydrogens is 670 g/mol. The quantitative estimate of drug-likeness (QED) is 0.0255. The highest BCUT2D eigenvalue weighted by Gasteiger charge is 2.20. The van der Waals surface area contributed by atoms with Crippen molar-refractivity contribution >= 4 is 35.4 Å². The maximum absolute atomic E-state index is 12.8. The minimum Gasteiger partial charge on any atom is -0.377 e. The number of primary amides is 1. The highest BCUT2D eigenvalue weighted by atomic mass is 16.5. The van der Waals surface area contributed by atoms with Gasteiger partial charge in [0.05, 0.1) is 52.4 Å². The Labute approximate surface area is 313 Å². The summed E-state index contributed by atoms with van der Waals surface area (Å²) in [6.45, 7) is 4.49. The molecule has 0 aromatic carbocycles. The minimum atomic E-state index is -0.660. The molecule has 2 atom stereocenters. The van der Waals surface area contributed by atoms with Gasteiger partial charge in [-0.1, -0.05) is 26.2 Å². The van der Waals surface area contributed by atoms with Crippen LogP contribution in [0.2, 0.25) is 0 Å². The molecule has 0 saturated carbocycles. The molecule has 19 heteroatoms. The van der Waals surface area contributed by atoms with Crippen molar-refractivity contribution in [3.8, 4) is 0 Å². The lowest BCUT2D eigenvalue weighted by Crippen LogP contribution is -2.47. The number of unbranched alkanes of at least 4 members (excludes halogenated alkanes) is 3. The molecule has 0 saturated heterocycles. The van der Waals surface area contributed by atoms with Gasteiger partial charge < -0.3 is 62.7 Å². The van der Waals surface area contributed by atoms with Crippen LogP contribution in [-0.2, 0) is 47.7 Å². The third kappa shape index (κ3) is 29.9. The van der Waals surface area contributed by atoms with Gasteiger partial charge in [0, 0.05) is 51.0 Å². The minimum absolute atomic E-state index is 0.0513. The van der Waals surface area contributed by atoms with Crippen LogP contribution in [0.5, 0.6) is 0 Å². The monoisotopic (exact) mass is 750 g/mol. The largest absolute Gasteiger partial charge is 0.377 e. The Bertz CT molecular complexity index is 1010. The summed E-state index contributed by atoms with van der Waals surface area (Å²) in [4.78, 5) is 71.8. The van der Waals surface area contributed by atoms with Crippen LogP contribution in [0.4, 0.5) is 0 Å². The molecule has 12 N–H and O–H groups in total. The molecule has 0 radical (unpaired) electrons. The molecule has 0 spiro atoms. The lowest BCUT2D eigenvalue weighted by atomic mass is 10.1. The van der Waals surface area contributed by atoms with E-state index in [0.717, 1.165) is 19.3 Å². The SMILES string of the molecule is CCCCC[C@H](NC(=O)CCCC(=O)NCCOCCOCC(=O)NCCOCCOCC(=O)NCN)C(=O)NCCCC[C@H](NCN)C(N)=O.[2H][2H].[2H][2H].[2H][2H].[2H][2H]. The van der Waals surface area contributed by atoms with Crippen molar-refractivity contribution in [1.29, 1.82) is 0 Å². The standard InChI is InChI=1S/C32H63N9O10.4H2/c1-2-3-4-9-26(32(47)38-12-6-5-8-25(31(35)46)39-23-33)41-28(43)11-7-10-27(42)36-13-15-48-17-19-50-21-29(44)37-14-16-49-18-20-51-22-30(45)40-24-34;;;;/h25-26,39H,2-24,33-34H2,1H3,(H2,35,46)(H,36,42)(H,37,44)(H,38,47)(H,40,45)(H,41,43);4*1H/t25-,26-;;;;/m0..../s1/i;4*1+1D. The molecule has 0 aliphatic rings. The molecule has 0 aromatic heterocycles. The van der Waals surface area contributed by atoms with Gasteiger partial charge in [-0.25, -0.2) is 0 Å². The van der Waals surface area contributed by atoms with E-state index in [1.54, 1.807) is 0 Å². The molecule has 0 heterocycles. The maximum Gasteiger partial charge on any atom is 0.246 e. The number of carbonyl (C=O) groups is 6. The topological polar surface area (TPSA) is 290 Å². The average molecular weight is 750 g/mol. The van der Waals surface area contributed by atoms with Crippen molar-refractivity contribution in [2.75, 3.05) is 85.8 Å². The zero-order valence-corrected chi connectivity index (χ0v) is 30.2. The molecule has 0 aromatic rings. The molecule has 19 nitrogen and oxygen atoms in total. The second kappa shape index (κ2) is 33.7. The molecule has 51 heavy (non-hydrogen) atoms. The Morgan fingerprint density at radius 3 is 1.73 bits per heavy atom. The van der Waals surface area contributed by atoms with Gasteiger partial charge in [0.1, 0.15) is 19.3 Å². The number of nitrogens with two attached hydrogens (primary N) is 3. The average Bonchev–Trinajstić information content (AvgIpc) is 3.24. The lowest BCUT2D eigenvalue weighted by molar-refractivity contribution is -0.129. The van der Waals surface area contributed by atoms with Gasteiger partial charge in [-0.2, -0.15) is 0 Å². The predicted molar refractivity (Wildman–Crippen MR) is 197 cm³/mol. The fourth-order valence-corrected chi connectivity index (χ4v) is 4.44. The van der Waals surface area contributed by atoms with Crippen LogP contribution in [-0.4, -0.2) is 133 Å². The molecule has 6 amide bonds. The first-order valence-electron chi connectivity index (χ1n) is 21.7. The number of hydrogen-bond donors (Lipinski definition) is 9. The molecule has 0 bridgehead atoms. The van der Waals surface area contributed by atoms with Gasteiger partial charge in [-0.05, 0) is 32.1 Å². The number of rotatable bonds is 35. The molecular formula is C32H71N9O10. The number of hydrogen-bond acceptors (Lipinski definition) is 13. The summed E-state index contributed by atoms with van der Waals surface area (Å²) in [6, 6.07) is -1.17. The Morgan fingerprint density at radius 1 is 0.588 bits per heavy atom. The van der Waals surface area contributed by atoms with Gasteiger partial charge in [0.15, 0.2) is 0 Å².